The van der Waals surface area contributed by atoms with Crippen LogP contribution < -0.4 is 10.6 Å². The van der Waals surface area contributed by atoms with Crippen LogP contribution in [-0.2, 0) is 27.3 Å². The van der Waals surface area contributed by atoms with Gasteiger partial charge < -0.3 is 19.9 Å². The van der Waals surface area contributed by atoms with Crippen molar-refractivity contribution in [2.75, 3.05) is 5.32 Å². The van der Waals surface area contributed by atoms with E-state index in [9.17, 15) is 32.3 Å². The smallest absolute Gasteiger partial charge is 0.306 e. The zero-order valence-corrected chi connectivity index (χ0v) is 23.9. The number of anilines is 1. The fraction of sp³-hybridized carbons (Fsp3) is 0.500. The van der Waals surface area contributed by atoms with E-state index in [2.05, 4.69) is 10.6 Å². The Balaban J connectivity index is 1.70. The van der Waals surface area contributed by atoms with Crippen LogP contribution in [-0.4, -0.2) is 39.3 Å². The summed E-state index contributed by atoms with van der Waals surface area (Å²) in [6.45, 7) is 9.19. The summed E-state index contributed by atoms with van der Waals surface area (Å²) in [5.74, 6) is -7.66. The van der Waals surface area contributed by atoms with Crippen LogP contribution in [0, 0.1) is 17.5 Å². The van der Waals surface area contributed by atoms with Crippen molar-refractivity contribution in [2.45, 2.75) is 90.8 Å². The van der Waals surface area contributed by atoms with E-state index in [1.807, 2.05) is 0 Å². The standard InChI is InChI=1S/C28H33ClF3N3O5/c1-27(2,3)40-19(36)10-6-7-11-28(4,5)34-26(39)24(37)23-21(29)20(18-9-8-12-35(18)23)25(38)33-15-13-16(30)22(32)17(31)14-15/h13-14H,6-12H2,1-5H3,(H,33,38)(H,34,39). The molecule has 0 saturated heterocycles. The van der Waals surface area contributed by atoms with Gasteiger partial charge in [-0.3, -0.25) is 19.2 Å². The molecule has 1 aliphatic heterocycles. The summed E-state index contributed by atoms with van der Waals surface area (Å²) in [5, 5.41) is 4.72. The number of benzene rings is 1. The average Bonchev–Trinajstić information content (AvgIpc) is 3.37. The second-order valence-electron chi connectivity index (χ2n) is 11.4. The summed E-state index contributed by atoms with van der Waals surface area (Å²) >= 11 is 6.45. The van der Waals surface area contributed by atoms with Gasteiger partial charge in [0.15, 0.2) is 17.5 Å². The fourth-order valence-electron chi connectivity index (χ4n) is 4.58. The highest BCUT2D eigenvalue weighted by atomic mass is 35.5. The Morgan fingerprint density at radius 3 is 2.25 bits per heavy atom. The maximum atomic E-state index is 13.6. The molecule has 2 amide bonds. The van der Waals surface area contributed by atoms with E-state index in [0.29, 0.717) is 56.5 Å². The first-order chi connectivity index (χ1) is 18.5. The molecule has 2 aromatic rings. The molecule has 0 radical (unpaired) electrons. The number of nitrogens with zero attached hydrogens (tertiary/aromatic N) is 1. The van der Waals surface area contributed by atoms with Gasteiger partial charge in [-0.15, -0.1) is 0 Å². The van der Waals surface area contributed by atoms with Gasteiger partial charge in [0.1, 0.15) is 11.3 Å². The topological polar surface area (TPSA) is 106 Å². The highest BCUT2D eigenvalue weighted by molar-refractivity contribution is 6.48. The van der Waals surface area contributed by atoms with E-state index in [1.54, 1.807) is 34.6 Å². The number of hydrogen-bond donors (Lipinski definition) is 2. The largest absolute Gasteiger partial charge is 0.460 e. The van der Waals surface area contributed by atoms with Gasteiger partial charge in [-0.2, -0.15) is 0 Å². The van der Waals surface area contributed by atoms with Gasteiger partial charge in [0.2, 0.25) is 0 Å². The minimum atomic E-state index is -1.68. The molecule has 1 aromatic heterocycles. The number of nitrogens with one attached hydrogen (secondary N) is 2. The first-order valence-corrected chi connectivity index (χ1v) is 13.3. The molecule has 40 heavy (non-hydrogen) atoms. The van der Waals surface area contributed by atoms with E-state index >= 15 is 0 Å². The minimum Gasteiger partial charge on any atom is -0.460 e. The number of ketones is 1. The van der Waals surface area contributed by atoms with Crippen LogP contribution in [0.2, 0.25) is 5.02 Å². The fourth-order valence-corrected chi connectivity index (χ4v) is 4.96. The molecule has 0 saturated carbocycles. The summed E-state index contributed by atoms with van der Waals surface area (Å²) in [7, 11) is 0. The quantitative estimate of drug-likeness (QED) is 0.122. The van der Waals surface area contributed by atoms with Crippen molar-refractivity contribution in [3.63, 3.8) is 0 Å². The second kappa shape index (κ2) is 12.0. The molecular weight excluding hydrogens is 551 g/mol. The van der Waals surface area contributed by atoms with Crippen LogP contribution in [0.25, 0.3) is 0 Å². The molecule has 0 spiro atoms. The average molecular weight is 584 g/mol. The van der Waals surface area contributed by atoms with Crippen molar-refractivity contribution >= 4 is 40.9 Å². The van der Waals surface area contributed by atoms with E-state index in [4.69, 9.17) is 16.3 Å². The number of esters is 1. The molecule has 0 atom stereocenters. The van der Waals surface area contributed by atoms with E-state index in [1.165, 1.54) is 4.57 Å². The van der Waals surface area contributed by atoms with Gasteiger partial charge in [-0.05, 0) is 60.3 Å². The number of ether oxygens (including phenoxy) is 1. The molecule has 0 bridgehead atoms. The molecule has 12 heteroatoms. The van der Waals surface area contributed by atoms with E-state index < -0.39 is 46.2 Å². The van der Waals surface area contributed by atoms with Gasteiger partial charge in [0.05, 0.1) is 10.6 Å². The van der Waals surface area contributed by atoms with Crippen LogP contribution in [0.5, 0.6) is 0 Å². The summed E-state index contributed by atoms with van der Waals surface area (Å²) in [5.41, 5.74) is -1.54. The lowest BCUT2D eigenvalue weighted by atomic mass is 9.96. The number of unbranched alkanes of at least 4 members (excludes halogenated alkanes) is 1. The predicted octanol–water partition coefficient (Wildman–Crippen LogP) is 5.74. The second-order valence-corrected chi connectivity index (χ2v) is 11.8. The first kappa shape index (κ1) is 31.2. The lowest BCUT2D eigenvalue weighted by Gasteiger charge is -2.26. The Morgan fingerprint density at radius 1 is 1.02 bits per heavy atom. The van der Waals surface area contributed by atoms with Crippen LogP contribution in [0.1, 0.15) is 93.3 Å². The van der Waals surface area contributed by atoms with Crippen molar-refractivity contribution in [3.05, 3.63) is 51.6 Å². The molecule has 1 aliphatic rings. The SMILES string of the molecule is CC(C)(CCCCC(=O)OC(C)(C)C)NC(=O)C(=O)c1c(Cl)c(C(=O)Nc2cc(F)c(F)c(F)c2)c2n1CCC2. The number of Topliss-reactive ketones (excluding diaryl/α,β-unsaturated/α-hetero) is 1. The molecule has 8 nitrogen and oxygen atoms in total. The lowest BCUT2D eigenvalue weighted by Crippen LogP contribution is -2.46. The van der Waals surface area contributed by atoms with Crippen molar-refractivity contribution in [1.29, 1.82) is 0 Å². The summed E-state index contributed by atoms with van der Waals surface area (Å²) < 4.78 is 47.3. The molecule has 218 valence electrons. The third kappa shape index (κ3) is 7.44. The Hall–Kier alpha value is -3.34. The van der Waals surface area contributed by atoms with Crippen LogP contribution in [0.4, 0.5) is 18.9 Å². The Bertz CT molecular complexity index is 1320. The van der Waals surface area contributed by atoms with Crippen LogP contribution in [0.15, 0.2) is 12.1 Å². The van der Waals surface area contributed by atoms with Gasteiger partial charge >= 0.3 is 5.97 Å². The van der Waals surface area contributed by atoms with Crippen molar-refractivity contribution in [3.8, 4) is 0 Å². The minimum absolute atomic E-state index is 0.0955. The van der Waals surface area contributed by atoms with E-state index in [-0.39, 0.29) is 34.4 Å². The number of rotatable bonds is 10. The first-order valence-electron chi connectivity index (χ1n) is 13.0. The maximum Gasteiger partial charge on any atom is 0.306 e. The molecule has 0 fully saturated rings. The van der Waals surface area contributed by atoms with Crippen molar-refractivity contribution in [2.24, 2.45) is 0 Å². The zero-order chi connectivity index (χ0) is 30.0. The summed E-state index contributed by atoms with van der Waals surface area (Å²) in [6, 6.07) is 1.24. The Labute approximate surface area is 235 Å². The zero-order valence-electron chi connectivity index (χ0n) is 23.1. The molecule has 1 aromatic carbocycles. The molecule has 2 heterocycles. The molecular formula is C28H33ClF3N3O5. The van der Waals surface area contributed by atoms with Gasteiger partial charge in [0, 0.05) is 42.0 Å². The summed E-state index contributed by atoms with van der Waals surface area (Å²) in [6.07, 6.45) is 2.81. The number of fused-ring (bicyclic) bond motifs is 1. The third-order valence-electron chi connectivity index (χ3n) is 6.30. The monoisotopic (exact) mass is 583 g/mol. The predicted molar refractivity (Wildman–Crippen MR) is 143 cm³/mol. The number of carbonyl (C=O) groups excluding carboxylic acids is 4. The highest BCUT2D eigenvalue weighted by Crippen LogP contribution is 2.34. The molecule has 0 aliphatic carbocycles. The third-order valence-corrected chi connectivity index (χ3v) is 6.67. The van der Waals surface area contributed by atoms with Crippen molar-refractivity contribution < 1.29 is 37.1 Å². The van der Waals surface area contributed by atoms with Crippen molar-refractivity contribution in [1.82, 2.24) is 9.88 Å². The molecule has 0 unspecified atom stereocenters. The maximum absolute atomic E-state index is 13.6. The highest BCUT2D eigenvalue weighted by Gasteiger charge is 2.36. The summed E-state index contributed by atoms with van der Waals surface area (Å²) in [4.78, 5) is 51.1. The number of halogens is 4. The Kier molecular flexibility index (Phi) is 9.39. The van der Waals surface area contributed by atoms with Gasteiger partial charge in [-0.25, -0.2) is 13.2 Å². The lowest BCUT2D eigenvalue weighted by molar-refractivity contribution is -0.155. The molecule has 3 rings (SSSR count). The van der Waals surface area contributed by atoms with Crippen LogP contribution in [0.3, 0.4) is 0 Å². The number of aromatic nitrogens is 1. The normalized spacial score (nSPS) is 13.1. The van der Waals surface area contributed by atoms with Gasteiger partial charge in [-0.1, -0.05) is 18.0 Å². The Morgan fingerprint density at radius 2 is 1.65 bits per heavy atom. The number of hydrogen-bond acceptors (Lipinski definition) is 5. The van der Waals surface area contributed by atoms with Gasteiger partial charge in [0.25, 0.3) is 17.6 Å². The van der Waals surface area contributed by atoms with E-state index in [0.717, 1.165) is 0 Å². The molecule has 2 N–H and O–H groups in total. The number of carbonyl (C=O) groups is 4. The number of amides is 2. The van der Waals surface area contributed by atoms with Crippen LogP contribution >= 0.6 is 11.6 Å².